The Hall–Kier alpha value is -1.79. The first-order valence-corrected chi connectivity index (χ1v) is 4.31. The fourth-order valence-corrected chi connectivity index (χ4v) is 1.16. The summed E-state index contributed by atoms with van der Waals surface area (Å²) in [6.07, 6.45) is 0.233. The molecule has 0 aliphatic heterocycles. The summed E-state index contributed by atoms with van der Waals surface area (Å²) in [6.45, 7) is 0. The van der Waals surface area contributed by atoms with Crippen molar-refractivity contribution in [1.82, 2.24) is 5.48 Å². The molecule has 0 aliphatic rings. The summed E-state index contributed by atoms with van der Waals surface area (Å²) in [6, 6.07) is 3.71. The first kappa shape index (κ1) is 11.3. The molecule has 0 fully saturated rings. The third kappa shape index (κ3) is 2.83. The number of hydrogen-bond donors (Lipinski definition) is 5. The Morgan fingerprint density at radius 3 is 2.73 bits per heavy atom. The highest BCUT2D eigenvalue weighted by Crippen LogP contribution is 2.20. The number of amides is 1. The van der Waals surface area contributed by atoms with Crippen molar-refractivity contribution >= 4 is 11.6 Å². The zero-order chi connectivity index (χ0) is 11.4. The molecule has 6 heteroatoms. The number of phenolic OH excluding ortho intramolecular Hbond substituents is 1. The number of carbonyl (C=O) groups excluding carboxylic acids is 1. The maximum Gasteiger partial charge on any atom is 0.260 e. The number of anilines is 1. The maximum atomic E-state index is 10.9. The van der Waals surface area contributed by atoms with Gasteiger partial charge in [0, 0.05) is 0 Å². The number of nitrogens with one attached hydrogen (secondary N) is 1. The van der Waals surface area contributed by atoms with Crippen LogP contribution in [-0.4, -0.2) is 22.3 Å². The number of aromatic hydroxyl groups is 1. The quantitative estimate of drug-likeness (QED) is 0.197. The predicted octanol–water partition coefficient (Wildman–Crippen LogP) is -0.650. The first-order chi connectivity index (χ1) is 7.04. The van der Waals surface area contributed by atoms with Crippen molar-refractivity contribution in [3.05, 3.63) is 23.8 Å². The van der Waals surface area contributed by atoms with Crippen molar-refractivity contribution in [2.24, 2.45) is 5.73 Å². The Labute approximate surface area is 86.5 Å². The molecule has 0 aliphatic carbocycles. The largest absolute Gasteiger partial charge is 0.506 e. The van der Waals surface area contributed by atoms with Crippen molar-refractivity contribution in [2.75, 3.05) is 5.73 Å². The molecule has 0 heterocycles. The molecule has 0 radical (unpaired) electrons. The van der Waals surface area contributed by atoms with Crippen molar-refractivity contribution in [3.8, 4) is 5.75 Å². The summed E-state index contributed by atoms with van der Waals surface area (Å²) < 4.78 is 0. The van der Waals surface area contributed by atoms with Gasteiger partial charge in [-0.15, -0.1) is 0 Å². The summed E-state index contributed by atoms with van der Waals surface area (Å²) in [5, 5.41) is 17.5. The van der Waals surface area contributed by atoms with Crippen molar-refractivity contribution < 1.29 is 15.1 Å². The van der Waals surface area contributed by atoms with Gasteiger partial charge < -0.3 is 16.6 Å². The van der Waals surface area contributed by atoms with Gasteiger partial charge in [-0.05, 0) is 24.1 Å². The molecule has 0 saturated carbocycles. The highest BCUT2D eigenvalue weighted by molar-refractivity contribution is 5.80. The molecule has 0 bridgehead atoms. The minimum atomic E-state index is -0.848. The van der Waals surface area contributed by atoms with Crippen LogP contribution in [0.15, 0.2) is 18.2 Å². The van der Waals surface area contributed by atoms with E-state index in [0.29, 0.717) is 5.56 Å². The van der Waals surface area contributed by atoms with E-state index in [2.05, 4.69) is 0 Å². The lowest BCUT2D eigenvalue weighted by atomic mass is 10.1. The lowest BCUT2D eigenvalue weighted by molar-refractivity contribution is -0.130. The molecule has 0 unspecified atom stereocenters. The SMILES string of the molecule is Nc1cc(C[C@H](N)C(=O)NO)ccc1O. The highest BCUT2D eigenvalue weighted by Gasteiger charge is 2.13. The van der Waals surface area contributed by atoms with Gasteiger partial charge in [-0.3, -0.25) is 10.0 Å². The van der Waals surface area contributed by atoms with Crippen LogP contribution >= 0.6 is 0 Å². The Balaban J connectivity index is 2.73. The van der Waals surface area contributed by atoms with Gasteiger partial charge >= 0.3 is 0 Å². The van der Waals surface area contributed by atoms with Crippen LogP contribution < -0.4 is 16.9 Å². The topological polar surface area (TPSA) is 122 Å². The normalized spacial score (nSPS) is 12.1. The average molecular weight is 211 g/mol. The number of carbonyl (C=O) groups is 1. The van der Waals surface area contributed by atoms with Crippen LogP contribution in [0.2, 0.25) is 0 Å². The zero-order valence-electron chi connectivity index (χ0n) is 7.97. The van der Waals surface area contributed by atoms with E-state index in [1.54, 1.807) is 6.07 Å². The van der Waals surface area contributed by atoms with E-state index in [1.807, 2.05) is 0 Å². The fourth-order valence-electron chi connectivity index (χ4n) is 1.16. The molecule has 15 heavy (non-hydrogen) atoms. The molecule has 0 spiro atoms. The van der Waals surface area contributed by atoms with Crippen LogP contribution in [0, 0.1) is 0 Å². The van der Waals surface area contributed by atoms with Crippen molar-refractivity contribution in [1.29, 1.82) is 0 Å². The van der Waals surface area contributed by atoms with Crippen LogP contribution in [0.5, 0.6) is 5.75 Å². The summed E-state index contributed by atoms with van der Waals surface area (Å²) in [5.74, 6) is -0.680. The number of nitrogens with two attached hydrogens (primary N) is 2. The van der Waals surface area contributed by atoms with E-state index in [-0.39, 0.29) is 17.9 Å². The molecule has 1 rings (SSSR count). The predicted molar refractivity (Wildman–Crippen MR) is 54.1 cm³/mol. The highest BCUT2D eigenvalue weighted by atomic mass is 16.5. The number of hydroxylamine groups is 1. The Bertz CT molecular complexity index is 368. The Kier molecular flexibility index (Phi) is 3.48. The monoisotopic (exact) mass is 211 g/mol. The molecule has 6 nitrogen and oxygen atoms in total. The number of nitrogen functional groups attached to an aromatic ring is 1. The smallest absolute Gasteiger partial charge is 0.260 e. The second-order valence-electron chi connectivity index (χ2n) is 3.18. The van der Waals surface area contributed by atoms with Gasteiger partial charge in [-0.2, -0.15) is 0 Å². The summed E-state index contributed by atoms with van der Waals surface area (Å²) in [5.41, 5.74) is 13.3. The molecule has 7 N–H and O–H groups in total. The van der Waals surface area contributed by atoms with E-state index in [4.69, 9.17) is 21.8 Å². The van der Waals surface area contributed by atoms with Gasteiger partial charge in [0.25, 0.3) is 5.91 Å². The van der Waals surface area contributed by atoms with E-state index >= 15 is 0 Å². The van der Waals surface area contributed by atoms with Crippen molar-refractivity contribution in [2.45, 2.75) is 12.5 Å². The van der Waals surface area contributed by atoms with E-state index in [9.17, 15) is 4.79 Å². The molecular weight excluding hydrogens is 198 g/mol. The van der Waals surface area contributed by atoms with Gasteiger partial charge in [-0.1, -0.05) is 6.07 Å². The molecule has 82 valence electrons. The van der Waals surface area contributed by atoms with Gasteiger partial charge in [0.05, 0.1) is 11.7 Å². The van der Waals surface area contributed by atoms with E-state index in [1.165, 1.54) is 17.6 Å². The minimum absolute atomic E-state index is 0.0149. The van der Waals surface area contributed by atoms with Crippen LogP contribution in [0.4, 0.5) is 5.69 Å². The van der Waals surface area contributed by atoms with Crippen LogP contribution in [-0.2, 0) is 11.2 Å². The number of benzene rings is 1. The Morgan fingerprint density at radius 2 is 2.20 bits per heavy atom. The number of phenols is 1. The molecule has 0 aromatic heterocycles. The van der Waals surface area contributed by atoms with E-state index < -0.39 is 11.9 Å². The third-order valence-electron chi connectivity index (χ3n) is 1.99. The van der Waals surface area contributed by atoms with Crippen molar-refractivity contribution in [3.63, 3.8) is 0 Å². The first-order valence-electron chi connectivity index (χ1n) is 4.31. The molecule has 1 atom stereocenters. The fraction of sp³-hybridized carbons (Fsp3) is 0.222. The molecule has 1 amide bonds. The third-order valence-corrected chi connectivity index (χ3v) is 1.99. The maximum absolute atomic E-state index is 10.9. The summed E-state index contributed by atoms with van der Waals surface area (Å²) in [7, 11) is 0. The lowest BCUT2D eigenvalue weighted by Gasteiger charge is -2.09. The molecular formula is C9H13N3O3. The van der Waals surface area contributed by atoms with Gasteiger partial charge in [0.15, 0.2) is 0 Å². The molecule has 1 aromatic rings. The second kappa shape index (κ2) is 4.63. The summed E-state index contributed by atoms with van der Waals surface area (Å²) in [4.78, 5) is 10.9. The number of rotatable bonds is 3. The Morgan fingerprint density at radius 1 is 1.53 bits per heavy atom. The number of hydrogen-bond acceptors (Lipinski definition) is 5. The standard InChI is InChI=1S/C9H13N3O3/c10-6-3-5(1-2-8(6)13)4-7(11)9(14)12-15/h1-3,7,13,15H,4,10-11H2,(H,12,14)/t7-/m0/s1. The lowest BCUT2D eigenvalue weighted by Crippen LogP contribution is -2.40. The zero-order valence-corrected chi connectivity index (χ0v) is 7.97. The van der Waals surface area contributed by atoms with Gasteiger partial charge in [0.2, 0.25) is 0 Å². The molecule has 1 aromatic carbocycles. The van der Waals surface area contributed by atoms with E-state index in [0.717, 1.165) is 0 Å². The minimum Gasteiger partial charge on any atom is -0.506 e. The second-order valence-corrected chi connectivity index (χ2v) is 3.18. The van der Waals surface area contributed by atoms with Crippen LogP contribution in [0.1, 0.15) is 5.56 Å². The van der Waals surface area contributed by atoms with Crippen LogP contribution in [0.3, 0.4) is 0 Å². The molecule has 0 saturated heterocycles. The van der Waals surface area contributed by atoms with Crippen LogP contribution in [0.25, 0.3) is 0 Å². The van der Waals surface area contributed by atoms with Gasteiger partial charge in [-0.25, -0.2) is 5.48 Å². The average Bonchev–Trinajstić information content (AvgIpc) is 2.22. The summed E-state index contributed by atoms with van der Waals surface area (Å²) >= 11 is 0. The van der Waals surface area contributed by atoms with Gasteiger partial charge in [0.1, 0.15) is 5.75 Å².